The van der Waals surface area contributed by atoms with Crippen molar-refractivity contribution in [1.82, 2.24) is 4.90 Å². The van der Waals surface area contributed by atoms with Crippen LogP contribution in [0.4, 0.5) is 4.39 Å². The lowest BCUT2D eigenvalue weighted by Crippen LogP contribution is -2.34. The lowest BCUT2D eigenvalue weighted by atomic mass is 9.94. The molecule has 0 saturated heterocycles. The molecule has 1 saturated carbocycles. The molecule has 1 nitrogen and oxygen atoms in total. The minimum Gasteiger partial charge on any atom is -0.303 e. The zero-order valence-electron chi connectivity index (χ0n) is 11.1. The van der Waals surface area contributed by atoms with Crippen LogP contribution in [0.5, 0.6) is 0 Å². The van der Waals surface area contributed by atoms with Gasteiger partial charge < -0.3 is 4.90 Å². The molecule has 2 rings (SSSR count). The van der Waals surface area contributed by atoms with Crippen LogP contribution in [0.1, 0.15) is 32.1 Å². The van der Waals surface area contributed by atoms with Gasteiger partial charge in [-0.15, -0.1) is 11.8 Å². The van der Waals surface area contributed by atoms with Crippen LogP contribution in [-0.4, -0.2) is 30.3 Å². The highest BCUT2D eigenvalue weighted by atomic mass is 32.2. The Labute approximate surface area is 114 Å². The smallest absolute Gasteiger partial charge is 0.123 e. The van der Waals surface area contributed by atoms with E-state index >= 15 is 0 Å². The van der Waals surface area contributed by atoms with Gasteiger partial charge in [-0.25, -0.2) is 4.39 Å². The Morgan fingerprint density at radius 3 is 2.50 bits per heavy atom. The summed E-state index contributed by atoms with van der Waals surface area (Å²) in [6.07, 6.45) is 6.91. The average Bonchev–Trinajstić information content (AvgIpc) is 2.42. The molecule has 0 radical (unpaired) electrons. The Morgan fingerprint density at radius 1 is 1.17 bits per heavy atom. The van der Waals surface area contributed by atoms with Crippen molar-refractivity contribution < 1.29 is 4.39 Å². The summed E-state index contributed by atoms with van der Waals surface area (Å²) in [5, 5.41) is 0. The zero-order valence-corrected chi connectivity index (χ0v) is 11.9. The lowest BCUT2D eigenvalue weighted by Gasteiger charge is -2.31. The molecule has 1 aromatic carbocycles. The molecule has 0 amide bonds. The molecule has 0 aliphatic heterocycles. The highest BCUT2D eigenvalue weighted by Crippen LogP contribution is 2.23. The molecule has 1 aromatic rings. The van der Waals surface area contributed by atoms with Crippen molar-refractivity contribution in [3.05, 3.63) is 30.1 Å². The number of nitrogens with zero attached hydrogens (tertiary/aromatic N) is 1. The summed E-state index contributed by atoms with van der Waals surface area (Å²) in [6.45, 7) is 1.12. The molecule has 0 bridgehead atoms. The summed E-state index contributed by atoms with van der Waals surface area (Å²) >= 11 is 1.81. The molecule has 0 unspecified atom stereocenters. The van der Waals surface area contributed by atoms with Gasteiger partial charge in [0.25, 0.3) is 0 Å². The molecule has 18 heavy (non-hydrogen) atoms. The first-order chi connectivity index (χ1) is 8.75. The predicted octanol–water partition coefficient (Wildman–Crippen LogP) is 4.18. The number of hydrogen-bond acceptors (Lipinski definition) is 2. The largest absolute Gasteiger partial charge is 0.303 e. The SMILES string of the molecule is CN(CCSc1ccc(F)cc1)C1CCCCC1. The Kier molecular flexibility index (Phi) is 5.51. The molecule has 3 heteroatoms. The molecular weight excluding hydrogens is 245 g/mol. The normalized spacial score (nSPS) is 17.3. The fraction of sp³-hybridized carbons (Fsp3) is 0.600. The topological polar surface area (TPSA) is 3.24 Å². The van der Waals surface area contributed by atoms with Gasteiger partial charge in [-0.05, 0) is 44.2 Å². The third-order valence-electron chi connectivity index (χ3n) is 3.72. The molecule has 100 valence electrons. The first kappa shape index (κ1) is 13.9. The molecule has 0 atom stereocenters. The van der Waals surface area contributed by atoms with E-state index in [1.54, 1.807) is 0 Å². The molecule has 1 fully saturated rings. The van der Waals surface area contributed by atoms with Gasteiger partial charge in [-0.1, -0.05) is 19.3 Å². The van der Waals surface area contributed by atoms with E-state index in [4.69, 9.17) is 0 Å². The molecule has 1 aliphatic carbocycles. The van der Waals surface area contributed by atoms with Crippen LogP contribution in [0, 0.1) is 5.82 Å². The van der Waals surface area contributed by atoms with Crippen molar-refractivity contribution in [2.24, 2.45) is 0 Å². The van der Waals surface area contributed by atoms with Gasteiger partial charge in [0.15, 0.2) is 0 Å². The summed E-state index contributed by atoms with van der Waals surface area (Å²) in [7, 11) is 2.24. The highest BCUT2D eigenvalue weighted by Gasteiger charge is 2.17. The van der Waals surface area contributed by atoms with Gasteiger partial charge in [0.05, 0.1) is 0 Å². The third kappa shape index (κ3) is 4.29. The number of rotatable bonds is 5. The van der Waals surface area contributed by atoms with Crippen LogP contribution in [0.3, 0.4) is 0 Å². The quantitative estimate of drug-likeness (QED) is 0.736. The van der Waals surface area contributed by atoms with Crippen molar-refractivity contribution in [1.29, 1.82) is 0 Å². The van der Waals surface area contributed by atoms with Crippen LogP contribution < -0.4 is 0 Å². The maximum absolute atomic E-state index is 12.8. The van der Waals surface area contributed by atoms with Crippen LogP contribution in [-0.2, 0) is 0 Å². The Hall–Kier alpha value is -0.540. The van der Waals surface area contributed by atoms with Crippen molar-refractivity contribution >= 4 is 11.8 Å². The Balaban J connectivity index is 1.69. The average molecular weight is 267 g/mol. The summed E-state index contributed by atoms with van der Waals surface area (Å²) in [4.78, 5) is 3.66. The maximum Gasteiger partial charge on any atom is 0.123 e. The van der Waals surface area contributed by atoms with Gasteiger partial charge in [0, 0.05) is 23.2 Å². The van der Waals surface area contributed by atoms with Crippen molar-refractivity contribution in [2.45, 2.75) is 43.0 Å². The summed E-state index contributed by atoms with van der Waals surface area (Å²) < 4.78 is 12.8. The number of halogens is 1. The number of benzene rings is 1. The van der Waals surface area contributed by atoms with E-state index in [1.165, 1.54) is 44.2 Å². The summed E-state index contributed by atoms with van der Waals surface area (Å²) in [5.41, 5.74) is 0. The number of thioether (sulfide) groups is 1. The first-order valence-corrected chi connectivity index (χ1v) is 7.83. The standard InChI is InChI=1S/C15H22FNS/c1-17(14-5-3-2-4-6-14)11-12-18-15-9-7-13(16)8-10-15/h7-10,14H,2-6,11-12H2,1H3. The van der Waals surface area contributed by atoms with Gasteiger partial charge in [-0.2, -0.15) is 0 Å². The minimum atomic E-state index is -0.154. The fourth-order valence-electron chi connectivity index (χ4n) is 2.54. The third-order valence-corrected chi connectivity index (χ3v) is 4.72. The predicted molar refractivity (Wildman–Crippen MR) is 76.6 cm³/mol. The molecule has 0 aromatic heterocycles. The van der Waals surface area contributed by atoms with Crippen LogP contribution in [0.15, 0.2) is 29.2 Å². The second-order valence-corrected chi connectivity index (χ2v) is 6.24. The van der Waals surface area contributed by atoms with Crippen LogP contribution in [0.25, 0.3) is 0 Å². The van der Waals surface area contributed by atoms with E-state index in [0.717, 1.165) is 23.2 Å². The zero-order chi connectivity index (χ0) is 12.8. The lowest BCUT2D eigenvalue weighted by molar-refractivity contribution is 0.202. The summed E-state index contributed by atoms with van der Waals surface area (Å²) in [6, 6.07) is 7.58. The maximum atomic E-state index is 12.8. The van der Waals surface area contributed by atoms with E-state index < -0.39 is 0 Å². The molecule has 0 heterocycles. The molecule has 0 spiro atoms. The Morgan fingerprint density at radius 2 is 1.83 bits per heavy atom. The van der Waals surface area contributed by atoms with E-state index in [0.29, 0.717) is 0 Å². The minimum absolute atomic E-state index is 0.154. The fourth-order valence-corrected chi connectivity index (χ4v) is 3.49. The van der Waals surface area contributed by atoms with E-state index in [2.05, 4.69) is 11.9 Å². The first-order valence-electron chi connectivity index (χ1n) is 6.84. The van der Waals surface area contributed by atoms with Crippen molar-refractivity contribution in [3.63, 3.8) is 0 Å². The molecular formula is C15H22FNS. The summed E-state index contributed by atoms with van der Waals surface area (Å²) in [5.74, 6) is 0.928. The Bertz CT molecular complexity index is 346. The van der Waals surface area contributed by atoms with Crippen LogP contribution >= 0.6 is 11.8 Å². The van der Waals surface area contributed by atoms with Crippen LogP contribution in [0.2, 0.25) is 0 Å². The molecule has 1 aliphatic rings. The second-order valence-electron chi connectivity index (χ2n) is 5.07. The molecule has 0 N–H and O–H groups in total. The number of hydrogen-bond donors (Lipinski definition) is 0. The monoisotopic (exact) mass is 267 g/mol. The van der Waals surface area contributed by atoms with Gasteiger partial charge in [0.2, 0.25) is 0 Å². The second kappa shape index (κ2) is 7.15. The van der Waals surface area contributed by atoms with Crippen molar-refractivity contribution in [2.75, 3.05) is 19.3 Å². The van der Waals surface area contributed by atoms with Gasteiger partial charge in [-0.3, -0.25) is 0 Å². The van der Waals surface area contributed by atoms with E-state index in [1.807, 2.05) is 23.9 Å². The van der Waals surface area contributed by atoms with Crippen molar-refractivity contribution in [3.8, 4) is 0 Å². The van der Waals surface area contributed by atoms with Gasteiger partial charge >= 0.3 is 0 Å². The van der Waals surface area contributed by atoms with E-state index in [9.17, 15) is 4.39 Å². The highest BCUT2D eigenvalue weighted by molar-refractivity contribution is 7.99. The van der Waals surface area contributed by atoms with E-state index in [-0.39, 0.29) is 5.82 Å². The van der Waals surface area contributed by atoms with Gasteiger partial charge in [0.1, 0.15) is 5.82 Å².